The number of hydrogen-bond donors (Lipinski definition) is 6. The SMILES string of the molecule is COc1ccc(/C=C\c2cc(OC)c(OC)c(OC)c2)cc1OP(=O)(O)O.NCCO.NCCO. The van der Waals surface area contributed by atoms with Gasteiger partial charge in [0, 0.05) is 13.1 Å². The molecule has 0 unspecified atom stereocenters. The fraction of sp³-hybridized carbons (Fsp3) is 0.364. The van der Waals surface area contributed by atoms with Crippen LogP contribution in [0.25, 0.3) is 12.2 Å². The first-order valence-corrected chi connectivity index (χ1v) is 11.7. The van der Waals surface area contributed by atoms with Gasteiger partial charge >= 0.3 is 7.82 Å². The van der Waals surface area contributed by atoms with E-state index in [-0.39, 0.29) is 24.7 Å². The van der Waals surface area contributed by atoms with Crippen LogP contribution in [0.2, 0.25) is 0 Å². The predicted molar refractivity (Wildman–Crippen MR) is 133 cm³/mol. The fourth-order valence-corrected chi connectivity index (χ4v) is 2.79. The first kappa shape index (κ1) is 32.2. The molecule has 0 aromatic heterocycles. The van der Waals surface area contributed by atoms with Crippen LogP contribution in [0.15, 0.2) is 30.3 Å². The normalized spacial score (nSPS) is 10.5. The maximum Gasteiger partial charge on any atom is 0.524 e. The summed E-state index contributed by atoms with van der Waals surface area (Å²) in [6, 6.07) is 8.29. The third-order valence-electron chi connectivity index (χ3n) is 3.82. The topological polar surface area (TPSA) is 196 Å². The molecule has 0 atom stereocenters. The Kier molecular flexibility index (Phi) is 16.2. The lowest BCUT2D eigenvalue weighted by Gasteiger charge is -2.13. The zero-order valence-corrected chi connectivity index (χ0v) is 21.1. The Morgan fingerprint density at radius 1 is 0.743 bits per heavy atom. The Bertz CT molecular complexity index is 917. The Hall–Kier alpha value is -2.83. The molecule has 0 fully saturated rings. The van der Waals surface area contributed by atoms with Gasteiger partial charge in [0.25, 0.3) is 0 Å². The average molecular weight is 519 g/mol. The lowest BCUT2D eigenvalue weighted by atomic mass is 10.1. The summed E-state index contributed by atoms with van der Waals surface area (Å²) in [7, 11) is 1.26. The van der Waals surface area contributed by atoms with E-state index in [0.29, 0.717) is 35.9 Å². The maximum absolute atomic E-state index is 11.1. The van der Waals surface area contributed by atoms with Crippen LogP contribution in [-0.4, -0.2) is 74.7 Å². The fourth-order valence-electron chi connectivity index (χ4n) is 2.39. The summed E-state index contributed by atoms with van der Waals surface area (Å²) in [6.07, 6.45) is 3.53. The quantitative estimate of drug-likeness (QED) is 0.195. The first-order chi connectivity index (χ1) is 16.6. The number of nitrogens with two attached hydrogens (primary N) is 2. The van der Waals surface area contributed by atoms with E-state index in [4.69, 9.17) is 50.4 Å². The minimum Gasteiger partial charge on any atom is -0.493 e. The van der Waals surface area contributed by atoms with Crippen LogP contribution in [0.4, 0.5) is 0 Å². The van der Waals surface area contributed by atoms with Crippen molar-refractivity contribution in [1.82, 2.24) is 0 Å². The van der Waals surface area contributed by atoms with Gasteiger partial charge in [0.2, 0.25) is 5.75 Å². The summed E-state index contributed by atoms with van der Waals surface area (Å²) in [5.74, 6) is 1.66. The van der Waals surface area contributed by atoms with E-state index in [2.05, 4.69) is 4.52 Å². The molecule has 0 radical (unpaired) electrons. The van der Waals surface area contributed by atoms with Crippen molar-refractivity contribution in [1.29, 1.82) is 0 Å². The third kappa shape index (κ3) is 12.4. The molecule has 0 aliphatic rings. The molecule has 0 spiro atoms. The minimum atomic E-state index is -4.71. The summed E-state index contributed by atoms with van der Waals surface area (Å²) >= 11 is 0. The van der Waals surface area contributed by atoms with E-state index >= 15 is 0 Å². The second-order valence-electron chi connectivity index (χ2n) is 6.31. The van der Waals surface area contributed by atoms with Gasteiger partial charge in [0.1, 0.15) is 0 Å². The summed E-state index contributed by atoms with van der Waals surface area (Å²) in [5.41, 5.74) is 11.0. The largest absolute Gasteiger partial charge is 0.524 e. The molecule has 0 heterocycles. The van der Waals surface area contributed by atoms with Gasteiger partial charge in [0.05, 0.1) is 41.7 Å². The number of rotatable bonds is 10. The van der Waals surface area contributed by atoms with Gasteiger partial charge in [-0.2, -0.15) is 0 Å². The smallest absolute Gasteiger partial charge is 0.493 e. The van der Waals surface area contributed by atoms with Gasteiger partial charge in [0.15, 0.2) is 23.0 Å². The standard InChI is InChI=1S/C18H21O8P.2C2H7NO/c1-22-14-8-7-12(9-15(14)26-27(19,20)21)5-6-13-10-16(23-2)18(25-4)17(11-13)24-3;2*3-1-2-4/h5-11H,1-4H3,(H2,19,20,21);2*4H,1-3H2/b6-5-;;. The van der Waals surface area contributed by atoms with Gasteiger partial charge in [-0.05, 0) is 35.4 Å². The highest BCUT2D eigenvalue weighted by Crippen LogP contribution is 2.42. The number of phosphoric ester groups is 1. The van der Waals surface area contributed by atoms with E-state index in [1.165, 1.54) is 34.5 Å². The van der Waals surface area contributed by atoms with Crippen molar-refractivity contribution < 1.29 is 48.0 Å². The predicted octanol–water partition coefficient (Wildman–Crippen LogP) is 1.24. The Morgan fingerprint density at radius 3 is 1.54 bits per heavy atom. The van der Waals surface area contributed by atoms with Crippen molar-refractivity contribution in [3.63, 3.8) is 0 Å². The number of phosphoric acid groups is 1. The third-order valence-corrected chi connectivity index (χ3v) is 4.25. The van der Waals surface area contributed by atoms with Gasteiger partial charge in [-0.3, -0.25) is 9.79 Å². The molecule has 0 aliphatic carbocycles. The molecular formula is C22H35N2O10P. The van der Waals surface area contributed by atoms with E-state index in [1.54, 1.807) is 36.4 Å². The zero-order chi connectivity index (χ0) is 26.9. The molecular weight excluding hydrogens is 483 g/mol. The van der Waals surface area contributed by atoms with Crippen LogP contribution in [0.1, 0.15) is 11.1 Å². The molecule has 2 aromatic rings. The molecule has 2 rings (SSSR count). The second-order valence-corrected chi connectivity index (χ2v) is 7.47. The van der Waals surface area contributed by atoms with Crippen LogP contribution in [0.5, 0.6) is 28.7 Å². The highest BCUT2D eigenvalue weighted by molar-refractivity contribution is 7.46. The number of ether oxygens (including phenoxy) is 4. The van der Waals surface area contributed by atoms with Crippen LogP contribution < -0.4 is 34.9 Å². The van der Waals surface area contributed by atoms with Gasteiger partial charge in [-0.1, -0.05) is 18.2 Å². The molecule has 198 valence electrons. The Balaban J connectivity index is 0.00000126. The van der Waals surface area contributed by atoms with Crippen molar-refractivity contribution in [2.24, 2.45) is 11.5 Å². The van der Waals surface area contributed by atoms with Crippen molar-refractivity contribution in [2.75, 3.05) is 54.7 Å². The van der Waals surface area contributed by atoms with Crippen molar-refractivity contribution in [3.8, 4) is 28.7 Å². The summed E-state index contributed by atoms with van der Waals surface area (Å²) < 4.78 is 36.8. The van der Waals surface area contributed by atoms with E-state index in [9.17, 15) is 4.57 Å². The molecule has 0 amide bonds. The molecule has 12 nitrogen and oxygen atoms in total. The van der Waals surface area contributed by atoms with Crippen LogP contribution in [0.3, 0.4) is 0 Å². The van der Waals surface area contributed by atoms with Gasteiger partial charge in [-0.15, -0.1) is 0 Å². The van der Waals surface area contributed by atoms with E-state index in [0.717, 1.165) is 5.56 Å². The maximum atomic E-state index is 11.1. The summed E-state index contributed by atoms with van der Waals surface area (Å²) in [5, 5.41) is 15.5. The molecule has 0 aliphatic heterocycles. The molecule has 35 heavy (non-hydrogen) atoms. The van der Waals surface area contributed by atoms with Crippen molar-refractivity contribution in [3.05, 3.63) is 41.5 Å². The van der Waals surface area contributed by atoms with Crippen molar-refractivity contribution >= 4 is 20.0 Å². The summed E-state index contributed by atoms with van der Waals surface area (Å²) in [6.45, 7) is 0.944. The molecule has 0 saturated carbocycles. The molecule has 2 aromatic carbocycles. The van der Waals surface area contributed by atoms with E-state index < -0.39 is 7.82 Å². The van der Waals surface area contributed by atoms with Crippen LogP contribution in [-0.2, 0) is 4.57 Å². The minimum absolute atomic E-state index is 0.0575. The Morgan fingerprint density at radius 2 is 1.17 bits per heavy atom. The monoisotopic (exact) mass is 518 g/mol. The van der Waals surface area contributed by atoms with Gasteiger partial charge in [-0.25, -0.2) is 4.57 Å². The molecule has 0 bridgehead atoms. The lowest BCUT2D eigenvalue weighted by molar-refractivity contribution is 0.276. The number of aliphatic hydroxyl groups excluding tert-OH is 2. The van der Waals surface area contributed by atoms with Crippen LogP contribution in [0, 0.1) is 0 Å². The highest BCUT2D eigenvalue weighted by atomic mass is 31.2. The highest BCUT2D eigenvalue weighted by Gasteiger charge is 2.19. The number of benzene rings is 2. The number of aliphatic hydroxyl groups is 2. The lowest BCUT2D eigenvalue weighted by Crippen LogP contribution is -2.02. The molecule has 8 N–H and O–H groups in total. The first-order valence-electron chi connectivity index (χ1n) is 10.2. The second kappa shape index (κ2) is 17.6. The van der Waals surface area contributed by atoms with E-state index in [1.807, 2.05) is 0 Å². The zero-order valence-electron chi connectivity index (χ0n) is 20.2. The molecule has 13 heteroatoms. The number of methoxy groups -OCH3 is 4. The average Bonchev–Trinajstić information content (AvgIpc) is 2.86. The number of hydrogen-bond acceptors (Lipinski definition) is 10. The van der Waals surface area contributed by atoms with Crippen molar-refractivity contribution in [2.45, 2.75) is 0 Å². The Labute approximate surface area is 204 Å². The summed E-state index contributed by atoms with van der Waals surface area (Å²) in [4.78, 5) is 18.1. The molecule has 0 saturated heterocycles. The van der Waals surface area contributed by atoms with Crippen LogP contribution >= 0.6 is 7.82 Å². The van der Waals surface area contributed by atoms with Gasteiger partial charge < -0.3 is 45.2 Å².